The molecule has 2 unspecified atom stereocenters. The zero-order chi connectivity index (χ0) is 24.7. The number of amides is 2. The van der Waals surface area contributed by atoms with Gasteiger partial charge < -0.3 is 25.4 Å². The third kappa shape index (κ3) is 6.35. The second-order valence-corrected chi connectivity index (χ2v) is 8.83. The van der Waals surface area contributed by atoms with Crippen molar-refractivity contribution in [1.82, 2.24) is 15.5 Å². The molecule has 2 atom stereocenters. The lowest BCUT2D eigenvalue weighted by atomic mass is 9.98. The van der Waals surface area contributed by atoms with E-state index < -0.39 is 18.1 Å². The Balaban J connectivity index is 1.63. The fourth-order valence-corrected chi connectivity index (χ4v) is 4.32. The van der Waals surface area contributed by atoms with Gasteiger partial charge in [-0.15, -0.1) is 0 Å². The zero-order valence-electron chi connectivity index (χ0n) is 19.9. The van der Waals surface area contributed by atoms with Crippen LogP contribution in [0.4, 0.5) is 4.79 Å². The molecule has 0 aliphatic heterocycles. The molecule has 8 heteroatoms. The molecule has 2 aromatic rings. The van der Waals surface area contributed by atoms with Gasteiger partial charge in [-0.1, -0.05) is 55.5 Å². The number of hydrogen-bond acceptors (Lipinski definition) is 5. The quantitative estimate of drug-likeness (QED) is 0.468. The van der Waals surface area contributed by atoms with E-state index in [9.17, 15) is 14.4 Å². The lowest BCUT2D eigenvalue weighted by Gasteiger charge is -2.25. The van der Waals surface area contributed by atoms with Gasteiger partial charge in [0.25, 0.3) is 0 Å². The van der Waals surface area contributed by atoms with Crippen LogP contribution in [0, 0.1) is 0 Å². The molecule has 2 aromatic carbocycles. The minimum Gasteiger partial charge on any atom is -0.481 e. The molecule has 0 bridgehead atoms. The largest absolute Gasteiger partial charge is 0.481 e. The number of aliphatic carboxylic acids is 1. The lowest BCUT2D eigenvalue weighted by Crippen LogP contribution is -2.53. The molecule has 3 rings (SSSR count). The number of ether oxygens (including phenoxy) is 1. The van der Waals surface area contributed by atoms with Crippen LogP contribution in [-0.2, 0) is 14.3 Å². The maximum absolute atomic E-state index is 12.9. The fraction of sp³-hybridized carbons (Fsp3) is 0.423. The predicted molar refractivity (Wildman–Crippen MR) is 130 cm³/mol. The summed E-state index contributed by atoms with van der Waals surface area (Å²) >= 11 is 0. The van der Waals surface area contributed by atoms with Crippen LogP contribution < -0.4 is 10.6 Å². The summed E-state index contributed by atoms with van der Waals surface area (Å²) in [5, 5.41) is 14.5. The van der Waals surface area contributed by atoms with Gasteiger partial charge in [-0.2, -0.15) is 0 Å². The van der Waals surface area contributed by atoms with Gasteiger partial charge in [0, 0.05) is 24.9 Å². The molecule has 0 heterocycles. The van der Waals surface area contributed by atoms with Crippen LogP contribution in [0.2, 0.25) is 0 Å². The first-order valence-electron chi connectivity index (χ1n) is 11.6. The summed E-state index contributed by atoms with van der Waals surface area (Å²) in [5.41, 5.74) is 4.51. The summed E-state index contributed by atoms with van der Waals surface area (Å²) in [6.07, 6.45) is 0.231. The number of alkyl carbamates (subject to hydrolysis) is 1. The molecule has 1 aliphatic carbocycles. The number of nitrogens with one attached hydrogen (secondary N) is 2. The second kappa shape index (κ2) is 11.7. The summed E-state index contributed by atoms with van der Waals surface area (Å²) in [6.45, 7) is 2.32. The van der Waals surface area contributed by atoms with Crippen molar-refractivity contribution in [3.63, 3.8) is 0 Å². The van der Waals surface area contributed by atoms with Crippen molar-refractivity contribution in [1.29, 1.82) is 0 Å². The van der Waals surface area contributed by atoms with Gasteiger partial charge in [-0.3, -0.25) is 9.59 Å². The van der Waals surface area contributed by atoms with Crippen LogP contribution in [-0.4, -0.2) is 67.3 Å². The summed E-state index contributed by atoms with van der Waals surface area (Å²) in [6, 6.07) is 15.1. The Morgan fingerprint density at radius 2 is 1.59 bits per heavy atom. The van der Waals surface area contributed by atoms with E-state index in [1.165, 1.54) is 0 Å². The fourth-order valence-electron chi connectivity index (χ4n) is 4.32. The summed E-state index contributed by atoms with van der Waals surface area (Å²) in [4.78, 5) is 38.2. The van der Waals surface area contributed by atoms with Crippen molar-refractivity contribution in [2.45, 2.75) is 44.2 Å². The number of nitrogens with zero attached hydrogens (tertiary/aromatic N) is 1. The van der Waals surface area contributed by atoms with Gasteiger partial charge in [0.05, 0.1) is 0 Å². The predicted octanol–water partition coefficient (Wildman–Crippen LogP) is 3.21. The SMILES string of the molecule is CCC(CCC(=O)O)NC(=O)C(CN(C)C)NC(=O)OCC1c2ccccc2-c2ccccc21. The molecule has 2 amide bonds. The number of fused-ring (bicyclic) bond motifs is 3. The summed E-state index contributed by atoms with van der Waals surface area (Å²) < 4.78 is 5.59. The molecule has 182 valence electrons. The topological polar surface area (TPSA) is 108 Å². The molecular weight excluding hydrogens is 434 g/mol. The van der Waals surface area contributed by atoms with Gasteiger partial charge >= 0.3 is 12.1 Å². The molecule has 0 saturated heterocycles. The molecule has 1 aliphatic rings. The first kappa shape index (κ1) is 25.2. The highest BCUT2D eigenvalue weighted by Crippen LogP contribution is 2.44. The molecular formula is C26H33N3O5. The number of carboxylic acids is 1. The van der Waals surface area contributed by atoms with Crippen molar-refractivity contribution in [2.75, 3.05) is 27.2 Å². The summed E-state index contributed by atoms with van der Waals surface area (Å²) in [7, 11) is 3.61. The van der Waals surface area contributed by atoms with Crippen LogP contribution >= 0.6 is 0 Å². The molecule has 8 nitrogen and oxygen atoms in total. The van der Waals surface area contributed by atoms with E-state index in [0.29, 0.717) is 12.8 Å². The lowest BCUT2D eigenvalue weighted by molar-refractivity contribution is -0.137. The second-order valence-electron chi connectivity index (χ2n) is 8.83. The average Bonchev–Trinajstić information content (AvgIpc) is 3.13. The van der Waals surface area contributed by atoms with Gasteiger partial charge in [-0.25, -0.2) is 4.79 Å². The third-order valence-electron chi connectivity index (χ3n) is 6.05. The van der Waals surface area contributed by atoms with Crippen molar-refractivity contribution in [3.8, 4) is 11.1 Å². The smallest absolute Gasteiger partial charge is 0.407 e. The van der Waals surface area contributed by atoms with Crippen molar-refractivity contribution in [3.05, 3.63) is 59.7 Å². The number of likely N-dealkylation sites (N-methyl/N-ethyl adjacent to an activating group) is 1. The average molecular weight is 468 g/mol. The van der Waals surface area contributed by atoms with E-state index in [-0.39, 0.29) is 37.4 Å². The Bertz CT molecular complexity index is 978. The molecule has 0 spiro atoms. The minimum absolute atomic E-state index is 0.0308. The standard InChI is InChI=1S/C26H33N3O5/c1-4-17(13-14-24(30)31)27-25(32)23(15-29(2)3)28-26(33)34-16-22-20-11-7-5-9-18(20)19-10-6-8-12-21(19)22/h5-12,17,22-23H,4,13-16H2,1-3H3,(H,27,32)(H,28,33)(H,30,31). The monoisotopic (exact) mass is 467 g/mol. The van der Waals surface area contributed by atoms with Crippen LogP contribution in [0.5, 0.6) is 0 Å². The Hall–Kier alpha value is -3.39. The highest BCUT2D eigenvalue weighted by molar-refractivity contribution is 5.86. The number of carboxylic acid groups (broad SMARTS) is 1. The van der Waals surface area contributed by atoms with E-state index in [1.807, 2.05) is 43.3 Å². The Morgan fingerprint density at radius 3 is 2.12 bits per heavy atom. The van der Waals surface area contributed by atoms with Gasteiger partial charge in [-0.05, 0) is 49.2 Å². The van der Waals surface area contributed by atoms with Crippen molar-refractivity contribution in [2.24, 2.45) is 0 Å². The summed E-state index contributed by atoms with van der Waals surface area (Å²) in [5.74, 6) is -1.34. The van der Waals surface area contributed by atoms with Gasteiger partial charge in [0.15, 0.2) is 0 Å². The highest BCUT2D eigenvalue weighted by Gasteiger charge is 2.30. The van der Waals surface area contributed by atoms with Crippen LogP contribution in [0.3, 0.4) is 0 Å². The van der Waals surface area contributed by atoms with E-state index in [4.69, 9.17) is 9.84 Å². The maximum atomic E-state index is 12.9. The van der Waals surface area contributed by atoms with E-state index in [2.05, 4.69) is 22.8 Å². The normalized spacial score (nSPS) is 14.1. The zero-order valence-corrected chi connectivity index (χ0v) is 19.9. The first-order chi connectivity index (χ1) is 16.3. The Morgan fingerprint density at radius 1 is 1.00 bits per heavy atom. The first-order valence-corrected chi connectivity index (χ1v) is 11.6. The Labute approximate surface area is 200 Å². The minimum atomic E-state index is -0.908. The van der Waals surface area contributed by atoms with E-state index in [0.717, 1.165) is 22.3 Å². The van der Waals surface area contributed by atoms with Crippen molar-refractivity contribution < 1.29 is 24.2 Å². The maximum Gasteiger partial charge on any atom is 0.407 e. The van der Waals surface area contributed by atoms with Crippen LogP contribution in [0.15, 0.2) is 48.5 Å². The Kier molecular flexibility index (Phi) is 8.65. The number of hydrogen-bond donors (Lipinski definition) is 3. The number of benzene rings is 2. The number of rotatable bonds is 11. The molecule has 3 N–H and O–H groups in total. The van der Waals surface area contributed by atoms with Crippen LogP contribution in [0.25, 0.3) is 11.1 Å². The van der Waals surface area contributed by atoms with Crippen molar-refractivity contribution >= 4 is 18.0 Å². The van der Waals surface area contributed by atoms with E-state index in [1.54, 1.807) is 19.0 Å². The number of carbonyl (C=O) groups is 3. The molecule has 0 aromatic heterocycles. The molecule has 34 heavy (non-hydrogen) atoms. The highest BCUT2D eigenvalue weighted by atomic mass is 16.5. The van der Waals surface area contributed by atoms with Gasteiger partial charge in [0.1, 0.15) is 12.6 Å². The molecule has 0 radical (unpaired) electrons. The van der Waals surface area contributed by atoms with Gasteiger partial charge in [0.2, 0.25) is 5.91 Å². The molecule has 0 saturated carbocycles. The number of carbonyl (C=O) groups excluding carboxylic acids is 2. The molecule has 0 fully saturated rings. The third-order valence-corrected chi connectivity index (χ3v) is 6.05. The van der Waals surface area contributed by atoms with E-state index >= 15 is 0 Å². The van der Waals surface area contributed by atoms with Crippen LogP contribution in [0.1, 0.15) is 43.2 Å².